The van der Waals surface area contributed by atoms with Crippen molar-refractivity contribution in [3.05, 3.63) is 281 Å². The molecule has 0 saturated carbocycles. The molecule has 1 nitrogen and oxygen atoms in total. The Balaban J connectivity index is 1.16. The Hall–Kier alpha value is -7.74. The van der Waals surface area contributed by atoms with Gasteiger partial charge in [-0.05, 0) is 102 Å². The molecule has 0 fully saturated rings. The van der Waals surface area contributed by atoms with Gasteiger partial charge in [0.25, 0.3) is 0 Å². The van der Waals surface area contributed by atoms with E-state index in [1.165, 1.54) is 94.3 Å². The molecular formula is C60H39N. The highest BCUT2D eigenvalue weighted by molar-refractivity contribution is 6.07. The van der Waals surface area contributed by atoms with Crippen molar-refractivity contribution in [2.45, 2.75) is 10.8 Å². The van der Waals surface area contributed by atoms with Crippen LogP contribution in [0.4, 0.5) is 17.1 Å². The molecule has 0 aliphatic heterocycles. The van der Waals surface area contributed by atoms with Crippen LogP contribution in [0.2, 0.25) is 0 Å². The average molecular weight is 774 g/mol. The van der Waals surface area contributed by atoms with Crippen molar-refractivity contribution in [3.63, 3.8) is 0 Å². The van der Waals surface area contributed by atoms with Gasteiger partial charge in [-0.25, -0.2) is 0 Å². The Labute approximate surface area is 356 Å². The van der Waals surface area contributed by atoms with Crippen LogP contribution >= 0.6 is 0 Å². The van der Waals surface area contributed by atoms with Crippen LogP contribution in [0.15, 0.2) is 237 Å². The predicted octanol–water partition coefficient (Wildman–Crippen LogP) is 15.0. The maximum atomic E-state index is 2.56. The van der Waals surface area contributed by atoms with Gasteiger partial charge in [0.2, 0.25) is 0 Å². The quantitative estimate of drug-likeness (QED) is 0.168. The van der Waals surface area contributed by atoms with E-state index in [2.05, 4.69) is 241 Å². The zero-order valence-corrected chi connectivity index (χ0v) is 33.5. The van der Waals surface area contributed by atoms with Crippen LogP contribution in [-0.2, 0) is 10.8 Å². The predicted molar refractivity (Wildman–Crippen MR) is 252 cm³/mol. The summed E-state index contributed by atoms with van der Waals surface area (Å²) in [5.41, 5.74) is 20.6. The Morgan fingerprint density at radius 2 is 0.721 bits per heavy atom. The Morgan fingerprint density at radius 1 is 0.279 bits per heavy atom. The lowest BCUT2D eigenvalue weighted by atomic mass is 9.66. The first kappa shape index (κ1) is 34.2. The largest absolute Gasteiger partial charge is 0.309 e. The molecular weight excluding hydrogens is 735 g/mol. The lowest BCUT2D eigenvalue weighted by molar-refractivity contribution is 0.775. The second-order valence-corrected chi connectivity index (χ2v) is 16.6. The van der Waals surface area contributed by atoms with Gasteiger partial charge >= 0.3 is 0 Å². The van der Waals surface area contributed by atoms with Gasteiger partial charge in [-0.2, -0.15) is 0 Å². The molecule has 0 atom stereocenters. The summed E-state index contributed by atoms with van der Waals surface area (Å²) in [5.74, 6) is 0. The van der Waals surface area contributed by atoms with Crippen LogP contribution in [0.25, 0.3) is 44.2 Å². The zero-order chi connectivity index (χ0) is 40.1. The van der Waals surface area contributed by atoms with E-state index < -0.39 is 10.8 Å². The first-order valence-electron chi connectivity index (χ1n) is 21.4. The van der Waals surface area contributed by atoms with Crippen molar-refractivity contribution in [3.8, 4) is 33.4 Å². The molecule has 61 heavy (non-hydrogen) atoms. The lowest BCUT2D eigenvalue weighted by Crippen LogP contribution is -2.29. The lowest BCUT2D eigenvalue weighted by Gasteiger charge is -2.35. The third-order valence-corrected chi connectivity index (χ3v) is 13.9. The maximum absolute atomic E-state index is 2.56. The SMILES string of the molecule is c1ccc(N(c2cccc3c2-c2ccccc2C32c3ccccc3-c3ccccc32)c2cccc3c2-c2ccc4ccccc4c2C3(c2ccccc2)c2ccccc2)cc1. The molecule has 13 rings (SSSR count). The fourth-order valence-corrected chi connectivity index (χ4v) is 11.8. The van der Waals surface area contributed by atoms with Gasteiger partial charge in [-0.15, -0.1) is 0 Å². The van der Waals surface area contributed by atoms with Crippen molar-refractivity contribution < 1.29 is 0 Å². The van der Waals surface area contributed by atoms with Gasteiger partial charge in [-0.3, -0.25) is 0 Å². The van der Waals surface area contributed by atoms with Crippen LogP contribution in [0.5, 0.6) is 0 Å². The fourth-order valence-electron chi connectivity index (χ4n) is 11.8. The minimum Gasteiger partial charge on any atom is -0.309 e. The molecule has 1 spiro atoms. The molecule has 3 aliphatic carbocycles. The van der Waals surface area contributed by atoms with Crippen LogP contribution in [0.1, 0.15) is 44.5 Å². The first-order valence-corrected chi connectivity index (χ1v) is 21.4. The topological polar surface area (TPSA) is 3.24 Å². The monoisotopic (exact) mass is 773 g/mol. The maximum Gasteiger partial charge on any atom is 0.0726 e. The second-order valence-electron chi connectivity index (χ2n) is 16.6. The van der Waals surface area contributed by atoms with Gasteiger partial charge in [-0.1, -0.05) is 212 Å². The van der Waals surface area contributed by atoms with Gasteiger partial charge in [0.15, 0.2) is 0 Å². The van der Waals surface area contributed by atoms with E-state index in [-0.39, 0.29) is 0 Å². The minimum absolute atomic E-state index is 0.447. The highest BCUT2D eigenvalue weighted by Gasteiger charge is 2.53. The van der Waals surface area contributed by atoms with Crippen LogP contribution in [0.3, 0.4) is 0 Å². The molecule has 0 unspecified atom stereocenters. The van der Waals surface area contributed by atoms with E-state index >= 15 is 0 Å². The second kappa shape index (κ2) is 12.9. The van der Waals surface area contributed by atoms with Gasteiger partial charge in [0, 0.05) is 16.8 Å². The molecule has 0 N–H and O–H groups in total. The zero-order valence-electron chi connectivity index (χ0n) is 33.5. The number of hydrogen-bond acceptors (Lipinski definition) is 1. The highest BCUT2D eigenvalue weighted by Crippen LogP contribution is 2.66. The van der Waals surface area contributed by atoms with E-state index in [0.717, 1.165) is 11.4 Å². The molecule has 0 aromatic heterocycles. The number of benzene rings is 10. The van der Waals surface area contributed by atoms with E-state index in [1.807, 2.05) is 0 Å². The first-order chi connectivity index (χ1) is 30.3. The number of rotatable bonds is 5. The summed E-state index contributed by atoms with van der Waals surface area (Å²) in [6, 6.07) is 88.4. The van der Waals surface area contributed by atoms with Crippen LogP contribution in [-0.4, -0.2) is 0 Å². The number of hydrogen-bond donors (Lipinski definition) is 0. The summed E-state index contributed by atoms with van der Waals surface area (Å²) in [6.45, 7) is 0. The number of anilines is 3. The van der Waals surface area contributed by atoms with Crippen molar-refractivity contribution in [1.29, 1.82) is 0 Å². The number of para-hydroxylation sites is 1. The summed E-state index contributed by atoms with van der Waals surface area (Å²) in [5, 5.41) is 2.52. The van der Waals surface area contributed by atoms with Gasteiger partial charge < -0.3 is 4.90 Å². The molecule has 0 radical (unpaired) electrons. The Bertz CT molecular complexity index is 3280. The Morgan fingerprint density at radius 3 is 1.33 bits per heavy atom. The van der Waals surface area contributed by atoms with E-state index in [4.69, 9.17) is 0 Å². The summed E-state index contributed by atoms with van der Waals surface area (Å²) >= 11 is 0. The van der Waals surface area contributed by atoms with Crippen LogP contribution in [0, 0.1) is 0 Å². The number of fused-ring (bicyclic) bond motifs is 15. The summed E-state index contributed by atoms with van der Waals surface area (Å²) in [4.78, 5) is 2.56. The number of nitrogens with zero attached hydrogens (tertiary/aromatic N) is 1. The third kappa shape index (κ3) is 4.40. The normalized spacial score (nSPS) is 14.2. The summed E-state index contributed by atoms with van der Waals surface area (Å²) in [7, 11) is 0. The van der Waals surface area contributed by atoms with Crippen molar-refractivity contribution in [2.24, 2.45) is 0 Å². The highest BCUT2D eigenvalue weighted by atomic mass is 15.1. The molecule has 10 aromatic carbocycles. The Kier molecular flexibility index (Phi) is 7.21. The molecule has 0 amide bonds. The minimum atomic E-state index is -0.570. The van der Waals surface area contributed by atoms with Gasteiger partial charge in [0.1, 0.15) is 0 Å². The molecule has 0 saturated heterocycles. The van der Waals surface area contributed by atoms with Crippen LogP contribution < -0.4 is 4.90 Å². The van der Waals surface area contributed by atoms with Crippen molar-refractivity contribution in [2.75, 3.05) is 4.90 Å². The van der Waals surface area contributed by atoms with E-state index in [1.54, 1.807) is 0 Å². The molecule has 3 aliphatic rings. The summed E-state index contributed by atoms with van der Waals surface area (Å²) in [6.07, 6.45) is 0. The standard InChI is InChI=1S/C60H39N/c1-4-21-41(22-5-1)59(42-23-6-2-7-24-42)52-34-18-37-55(57(52)48-39-38-40-20-10-11-27-44(40)58(48)59)61(43-25-8-3-9-26-43)54-36-19-35-53-56(54)47-30-14-17-33-51(47)60(53)49-31-15-12-28-45(49)46-29-13-16-32-50(46)60/h1-39H. The smallest absolute Gasteiger partial charge is 0.0726 e. The van der Waals surface area contributed by atoms with Crippen molar-refractivity contribution in [1.82, 2.24) is 0 Å². The molecule has 284 valence electrons. The van der Waals surface area contributed by atoms with E-state index in [0.29, 0.717) is 0 Å². The van der Waals surface area contributed by atoms with Gasteiger partial charge in [0.05, 0.1) is 22.2 Å². The molecule has 1 heteroatoms. The van der Waals surface area contributed by atoms with Crippen molar-refractivity contribution >= 4 is 27.8 Å². The molecule has 0 bridgehead atoms. The molecule has 0 heterocycles. The average Bonchev–Trinajstić information content (AvgIpc) is 3.94. The third-order valence-electron chi connectivity index (χ3n) is 13.9. The van der Waals surface area contributed by atoms with E-state index in [9.17, 15) is 0 Å². The summed E-state index contributed by atoms with van der Waals surface area (Å²) < 4.78 is 0. The molecule has 10 aromatic rings. The fraction of sp³-hybridized carbons (Fsp3) is 0.0333.